The molecule has 0 spiro atoms. The second-order valence-corrected chi connectivity index (χ2v) is 5.75. The molecule has 0 atom stereocenters. The van der Waals surface area contributed by atoms with Crippen molar-refractivity contribution in [3.05, 3.63) is 70.8 Å². The van der Waals surface area contributed by atoms with Crippen molar-refractivity contribution in [2.75, 3.05) is 11.9 Å². The molecule has 0 N–H and O–H groups in total. The average Bonchev–Trinajstić information content (AvgIpc) is 2.90. The molecule has 0 fully saturated rings. The minimum absolute atomic E-state index is 0. The maximum Gasteiger partial charge on any atom is 0.231 e. The van der Waals surface area contributed by atoms with E-state index in [9.17, 15) is 4.39 Å². The van der Waals surface area contributed by atoms with Crippen molar-refractivity contribution in [1.82, 2.24) is 14.8 Å². The van der Waals surface area contributed by atoms with Crippen molar-refractivity contribution in [1.29, 1.82) is 0 Å². The molecule has 3 rings (SSSR count). The van der Waals surface area contributed by atoms with Gasteiger partial charge in [0.25, 0.3) is 0 Å². The molecule has 1 aromatic heterocycles. The predicted molar refractivity (Wildman–Crippen MR) is 97.0 cm³/mol. The first-order valence-electron chi connectivity index (χ1n) is 7.16. The number of benzene rings is 2. The number of halogens is 3. The van der Waals surface area contributed by atoms with Crippen LogP contribution < -0.4 is 4.90 Å². The predicted octanol–water partition coefficient (Wildman–Crippen LogP) is 4.39. The fourth-order valence-electron chi connectivity index (χ4n) is 2.36. The molecule has 0 radical (unpaired) electrons. The van der Waals surface area contributed by atoms with Gasteiger partial charge in [-0.2, -0.15) is 0 Å². The molecule has 24 heavy (non-hydrogen) atoms. The third-order valence-electron chi connectivity index (χ3n) is 3.73. The molecule has 4 nitrogen and oxygen atoms in total. The van der Waals surface area contributed by atoms with Crippen LogP contribution in [-0.2, 0) is 13.5 Å². The molecule has 0 aliphatic rings. The Hall–Kier alpha value is -2.11. The van der Waals surface area contributed by atoms with Gasteiger partial charge in [-0.3, -0.25) is 4.57 Å². The summed E-state index contributed by atoms with van der Waals surface area (Å²) in [5.74, 6) is 1.28. The molecule has 3 aromatic rings. The highest BCUT2D eigenvalue weighted by atomic mass is 35.5. The summed E-state index contributed by atoms with van der Waals surface area (Å²) < 4.78 is 15.0. The van der Waals surface area contributed by atoms with Gasteiger partial charge in [-0.15, -0.1) is 22.6 Å². The zero-order valence-electron chi connectivity index (χ0n) is 13.3. The van der Waals surface area contributed by atoms with E-state index in [1.165, 1.54) is 12.1 Å². The SMILES string of the molecule is CN(c1ccc(F)cc1)c1nnc(Cc2ccc(Cl)cc2)n1C.Cl. The van der Waals surface area contributed by atoms with Crippen LogP contribution in [0.1, 0.15) is 11.4 Å². The van der Waals surface area contributed by atoms with Crippen molar-refractivity contribution < 1.29 is 4.39 Å². The largest absolute Gasteiger partial charge is 0.314 e. The number of hydrogen-bond acceptors (Lipinski definition) is 3. The van der Waals surface area contributed by atoms with Crippen LogP contribution in [0, 0.1) is 5.82 Å². The van der Waals surface area contributed by atoms with E-state index in [4.69, 9.17) is 11.6 Å². The quantitative estimate of drug-likeness (QED) is 0.686. The van der Waals surface area contributed by atoms with Crippen molar-refractivity contribution in [3.63, 3.8) is 0 Å². The lowest BCUT2D eigenvalue weighted by molar-refractivity contribution is 0.628. The van der Waals surface area contributed by atoms with E-state index >= 15 is 0 Å². The third-order valence-corrected chi connectivity index (χ3v) is 3.98. The number of nitrogens with zero attached hydrogens (tertiary/aromatic N) is 4. The Kier molecular flexibility index (Phi) is 5.80. The zero-order chi connectivity index (χ0) is 16.4. The van der Waals surface area contributed by atoms with Crippen molar-refractivity contribution in [2.24, 2.45) is 7.05 Å². The Labute approximate surface area is 151 Å². The highest BCUT2D eigenvalue weighted by Crippen LogP contribution is 2.23. The van der Waals surface area contributed by atoms with E-state index in [-0.39, 0.29) is 18.2 Å². The minimum Gasteiger partial charge on any atom is -0.314 e. The number of hydrogen-bond donors (Lipinski definition) is 0. The fraction of sp³-hybridized carbons (Fsp3) is 0.176. The summed E-state index contributed by atoms with van der Waals surface area (Å²) in [5, 5.41) is 9.22. The monoisotopic (exact) mass is 366 g/mol. The molecule has 0 saturated heterocycles. The summed E-state index contributed by atoms with van der Waals surface area (Å²) in [6, 6.07) is 13.9. The lowest BCUT2D eigenvalue weighted by atomic mass is 10.1. The lowest BCUT2D eigenvalue weighted by Gasteiger charge is -2.18. The Balaban J connectivity index is 0.00000208. The van der Waals surface area contributed by atoms with Gasteiger partial charge < -0.3 is 4.90 Å². The van der Waals surface area contributed by atoms with Crippen molar-refractivity contribution in [2.45, 2.75) is 6.42 Å². The molecule has 1 heterocycles. The van der Waals surface area contributed by atoms with Gasteiger partial charge in [0, 0.05) is 31.2 Å². The lowest BCUT2D eigenvalue weighted by Crippen LogP contribution is -2.15. The normalized spacial score (nSPS) is 10.3. The Bertz CT molecular complexity index is 800. The first-order valence-corrected chi connectivity index (χ1v) is 7.54. The summed E-state index contributed by atoms with van der Waals surface area (Å²) in [6.07, 6.45) is 0.665. The smallest absolute Gasteiger partial charge is 0.231 e. The van der Waals surface area contributed by atoms with E-state index < -0.39 is 0 Å². The van der Waals surface area contributed by atoms with Crippen LogP contribution in [0.3, 0.4) is 0 Å². The molecule has 0 saturated carbocycles. The van der Waals surface area contributed by atoms with Gasteiger partial charge in [-0.25, -0.2) is 4.39 Å². The van der Waals surface area contributed by atoms with Gasteiger partial charge in [0.05, 0.1) is 0 Å². The topological polar surface area (TPSA) is 34.0 Å². The molecule has 7 heteroatoms. The molecule has 0 aliphatic carbocycles. The van der Waals surface area contributed by atoms with Crippen LogP contribution in [0.2, 0.25) is 5.02 Å². The molecule has 0 bridgehead atoms. The van der Waals surface area contributed by atoms with Crippen LogP contribution in [0.4, 0.5) is 16.0 Å². The second-order valence-electron chi connectivity index (χ2n) is 5.31. The molecule has 126 valence electrons. The first kappa shape index (κ1) is 18.2. The van der Waals surface area contributed by atoms with E-state index in [0.717, 1.165) is 17.1 Å². The fourth-order valence-corrected chi connectivity index (χ4v) is 2.49. The summed E-state index contributed by atoms with van der Waals surface area (Å²) in [4.78, 5) is 1.87. The Morgan fingerprint density at radius 2 is 1.67 bits per heavy atom. The maximum atomic E-state index is 13.0. The molecule has 0 amide bonds. The molecular weight excluding hydrogens is 350 g/mol. The number of aromatic nitrogens is 3. The highest BCUT2D eigenvalue weighted by molar-refractivity contribution is 6.30. The van der Waals surface area contributed by atoms with Crippen molar-refractivity contribution >= 4 is 35.6 Å². The van der Waals surface area contributed by atoms with E-state index in [0.29, 0.717) is 17.4 Å². The standard InChI is InChI=1S/C17H16ClFN4.ClH/c1-22(15-9-7-14(19)8-10-15)17-21-20-16(23(17)2)11-12-3-5-13(18)6-4-12;/h3-10H,11H2,1-2H3;1H. The Morgan fingerprint density at radius 3 is 2.29 bits per heavy atom. The molecular formula is C17H17Cl2FN4. The number of anilines is 2. The van der Waals surface area contributed by atoms with Gasteiger partial charge >= 0.3 is 0 Å². The summed E-state index contributed by atoms with van der Waals surface area (Å²) >= 11 is 5.90. The van der Waals surface area contributed by atoms with E-state index in [2.05, 4.69) is 10.2 Å². The van der Waals surface area contributed by atoms with Crippen LogP contribution in [-0.4, -0.2) is 21.8 Å². The van der Waals surface area contributed by atoms with Gasteiger partial charge in [0.1, 0.15) is 11.6 Å². The zero-order valence-corrected chi connectivity index (χ0v) is 14.9. The summed E-state index contributed by atoms with van der Waals surface area (Å²) in [6.45, 7) is 0. The average molecular weight is 367 g/mol. The van der Waals surface area contributed by atoms with E-state index in [1.54, 1.807) is 12.1 Å². The van der Waals surface area contributed by atoms with Gasteiger partial charge in [-0.1, -0.05) is 23.7 Å². The minimum atomic E-state index is -0.261. The summed E-state index contributed by atoms with van der Waals surface area (Å²) in [5.41, 5.74) is 1.96. The van der Waals surface area contributed by atoms with Crippen LogP contribution >= 0.6 is 24.0 Å². The van der Waals surface area contributed by atoms with Crippen LogP contribution in [0.25, 0.3) is 0 Å². The number of rotatable bonds is 4. The van der Waals surface area contributed by atoms with Gasteiger partial charge in [0.2, 0.25) is 5.95 Å². The van der Waals surface area contributed by atoms with E-state index in [1.807, 2.05) is 47.8 Å². The summed E-state index contributed by atoms with van der Waals surface area (Å²) in [7, 11) is 3.80. The van der Waals surface area contributed by atoms with Gasteiger partial charge in [0.15, 0.2) is 0 Å². The first-order chi connectivity index (χ1) is 11.0. The van der Waals surface area contributed by atoms with Crippen LogP contribution in [0.15, 0.2) is 48.5 Å². The van der Waals surface area contributed by atoms with Gasteiger partial charge in [-0.05, 0) is 42.0 Å². The molecule has 0 unspecified atom stereocenters. The second kappa shape index (κ2) is 7.64. The molecule has 2 aromatic carbocycles. The van der Waals surface area contributed by atoms with Crippen molar-refractivity contribution in [3.8, 4) is 0 Å². The highest BCUT2D eigenvalue weighted by Gasteiger charge is 2.14. The maximum absolute atomic E-state index is 13.0. The Morgan fingerprint density at radius 1 is 1.04 bits per heavy atom. The van der Waals surface area contributed by atoms with Crippen LogP contribution in [0.5, 0.6) is 0 Å². The molecule has 0 aliphatic heterocycles. The third kappa shape index (κ3) is 3.86.